The van der Waals surface area contributed by atoms with Crippen molar-refractivity contribution in [2.24, 2.45) is 0 Å². The molecule has 0 aliphatic heterocycles. The Hall–Kier alpha value is -1.24. The SMILES string of the molecule is C#CCNCCn1cc(Br)c2ccccc21. The highest BCUT2D eigenvalue weighted by Crippen LogP contribution is 2.25. The summed E-state index contributed by atoms with van der Waals surface area (Å²) in [4.78, 5) is 0. The van der Waals surface area contributed by atoms with Crippen molar-refractivity contribution in [2.45, 2.75) is 6.54 Å². The molecule has 16 heavy (non-hydrogen) atoms. The number of fused-ring (bicyclic) bond motifs is 1. The summed E-state index contributed by atoms with van der Waals surface area (Å²) in [7, 11) is 0. The lowest BCUT2D eigenvalue weighted by Crippen LogP contribution is -2.19. The number of para-hydroxylation sites is 1. The van der Waals surface area contributed by atoms with Gasteiger partial charge in [0.15, 0.2) is 0 Å². The zero-order chi connectivity index (χ0) is 11.4. The Kier molecular flexibility index (Phi) is 3.66. The molecule has 0 aliphatic rings. The Balaban J connectivity index is 2.15. The Morgan fingerprint density at radius 2 is 2.19 bits per heavy atom. The number of hydrogen-bond donors (Lipinski definition) is 1. The van der Waals surface area contributed by atoms with Crippen LogP contribution in [-0.4, -0.2) is 17.7 Å². The summed E-state index contributed by atoms with van der Waals surface area (Å²) in [5, 5.41) is 4.43. The van der Waals surface area contributed by atoms with Crippen LogP contribution in [0, 0.1) is 12.3 Å². The van der Waals surface area contributed by atoms with Crippen LogP contribution in [0.3, 0.4) is 0 Å². The summed E-state index contributed by atoms with van der Waals surface area (Å²) in [5.41, 5.74) is 1.25. The normalized spacial score (nSPS) is 10.5. The van der Waals surface area contributed by atoms with Gasteiger partial charge in [-0.05, 0) is 22.0 Å². The predicted octanol–water partition coefficient (Wildman–Crippen LogP) is 2.63. The van der Waals surface area contributed by atoms with Gasteiger partial charge in [0.1, 0.15) is 0 Å². The van der Waals surface area contributed by atoms with Gasteiger partial charge in [0.25, 0.3) is 0 Å². The molecule has 1 heterocycles. The van der Waals surface area contributed by atoms with E-state index in [0.29, 0.717) is 6.54 Å². The Morgan fingerprint density at radius 1 is 1.38 bits per heavy atom. The van der Waals surface area contributed by atoms with E-state index in [-0.39, 0.29) is 0 Å². The second-order valence-electron chi connectivity index (χ2n) is 3.57. The Morgan fingerprint density at radius 3 is 3.00 bits per heavy atom. The molecule has 0 spiro atoms. The van der Waals surface area contributed by atoms with E-state index in [1.807, 2.05) is 6.07 Å². The first-order valence-corrected chi connectivity index (χ1v) is 6.00. The highest BCUT2D eigenvalue weighted by Gasteiger charge is 2.04. The van der Waals surface area contributed by atoms with Crippen LogP contribution in [0.5, 0.6) is 0 Å². The average Bonchev–Trinajstić information content (AvgIpc) is 2.63. The topological polar surface area (TPSA) is 17.0 Å². The molecule has 0 unspecified atom stereocenters. The van der Waals surface area contributed by atoms with Gasteiger partial charge in [-0.2, -0.15) is 0 Å². The number of rotatable bonds is 4. The Bertz CT molecular complexity index is 522. The van der Waals surface area contributed by atoms with Crippen LogP contribution in [0.2, 0.25) is 0 Å². The number of aromatic nitrogens is 1. The summed E-state index contributed by atoms with van der Waals surface area (Å²) < 4.78 is 3.36. The second kappa shape index (κ2) is 5.20. The fourth-order valence-corrected chi connectivity index (χ4v) is 2.33. The fourth-order valence-electron chi connectivity index (χ4n) is 1.75. The molecule has 2 aromatic rings. The van der Waals surface area contributed by atoms with Gasteiger partial charge < -0.3 is 9.88 Å². The zero-order valence-electron chi connectivity index (χ0n) is 8.91. The number of nitrogens with zero attached hydrogens (tertiary/aromatic N) is 1. The lowest BCUT2D eigenvalue weighted by molar-refractivity contribution is 0.644. The van der Waals surface area contributed by atoms with Crippen molar-refractivity contribution < 1.29 is 0 Å². The van der Waals surface area contributed by atoms with Gasteiger partial charge in [0.2, 0.25) is 0 Å². The second-order valence-corrected chi connectivity index (χ2v) is 4.42. The molecule has 2 nitrogen and oxygen atoms in total. The predicted molar refractivity (Wildman–Crippen MR) is 71.3 cm³/mol. The van der Waals surface area contributed by atoms with Gasteiger partial charge in [-0.25, -0.2) is 0 Å². The maximum Gasteiger partial charge on any atom is 0.0574 e. The van der Waals surface area contributed by atoms with E-state index in [9.17, 15) is 0 Å². The first-order chi connectivity index (χ1) is 7.83. The summed E-state index contributed by atoms with van der Waals surface area (Å²) in [6, 6.07) is 8.35. The molecule has 0 saturated heterocycles. The van der Waals surface area contributed by atoms with Crippen LogP contribution in [0.25, 0.3) is 10.9 Å². The van der Waals surface area contributed by atoms with E-state index in [2.05, 4.69) is 56.1 Å². The molecule has 0 amide bonds. The van der Waals surface area contributed by atoms with Crippen LogP contribution < -0.4 is 5.32 Å². The van der Waals surface area contributed by atoms with E-state index in [0.717, 1.165) is 17.6 Å². The molecule has 0 bridgehead atoms. The van der Waals surface area contributed by atoms with Crippen LogP contribution in [0.1, 0.15) is 0 Å². The van der Waals surface area contributed by atoms with Gasteiger partial charge in [0.05, 0.1) is 6.54 Å². The third-order valence-electron chi connectivity index (χ3n) is 2.50. The fraction of sp³-hybridized carbons (Fsp3) is 0.231. The molecule has 2 rings (SSSR count). The zero-order valence-corrected chi connectivity index (χ0v) is 10.5. The van der Waals surface area contributed by atoms with Crippen molar-refractivity contribution in [3.05, 3.63) is 34.9 Å². The van der Waals surface area contributed by atoms with Gasteiger partial charge in [0, 0.05) is 34.7 Å². The molecule has 0 atom stereocenters. The molecule has 0 saturated carbocycles. The summed E-state index contributed by atoms with van der Waals surface area (Å²) in [6.07, 6.45) is 7.29. The van der Waals surface area contributed by atoms with Crippen molar-refractivity contribution in [1.82, 2.24) is 9.88 Å². The summed E-state index contributed by atoms with van der Waals surface area (Å²) in [5.74, 6) is 2.57. The Labute approximate surface area is 104 Å². The third kappa shape index (κ3) is 2.29. The van der Waals surface area contributed by atoms with Crippen molar-refractivity contribution in [3.63, 3.8) is 0 Å². The maximum atomic E-state index is 5.18. The van der Waals surface area contributed by atoms with Crippen LogP contribution in [-0.2, 0) is 6.54 Å². The number of nitrogens with one attached hydrogen (secondary N) is 1. The summed E-state index contributed by atoms with van der Waals surface area (Å²) in [6.45, 7) is 2.43. The largest absolute Gasteiger partial charge is 0.345 e. The minimum Gasteiger partial charge on any atom is -0.345 e. The van der Waals surface area contributed by atoms with Crippen molar-refractivity contribution in [3.8, 4) is 12.3 Å². The lowest BCUT2D eigenvalue weighted by atomic mass is 10.2. The van der Waals surface area contributed by atoms with Gasteiger partial charge in [-0.15, -0.1) is 6.42 Å². The molecule has 3 heteroatoms. The minimum atomic E-state index is 0.625. The van der Waals surface area contributed by atoms with Crippen molar-refractivity contribution in [2.75, 3.05) is 13.1 Å². The highest BCUT2D eigenvalue weighted by atomic mass is 79.9. The first-order valence-electron chi connectivity index (χ1n) is 5.20. The number of terminal acetylenes is 1. The van der Waals surface area contributed by atoms with Gasteiger partial charge in [-0.3, -0.25) is 0 Å². The summed E-state index contributed by atoms with van der Waals surface area (Å²) >= 11 is 3.57. The molecule has 1 aromatic heterocycles. The van der Waals surface area contributed by atoms with Crippen molar-refractivity contribution in [1.29, 1.82) is 0 Å². The van der Waals surface area contributed by atoms with Crippen LogP contribution in [0.15, 0.2) is 34.9 Å². The quantitative estimate of drug-likeness (QED) is 0.671. The van der Waals surface area contributed by atoms with Gasteiger partial charge >= 0.3 is 0 Å². The van der Waals surface area contributed by atoms with Crippen LogP contribution >= 0.6 is 15.9 Å². The third-order valence-corrected chi connectivity index (χ3v) is 3.13. The molecule has 0 aliphatic carbocycles. The maximum absolute atomic E-state index is 5.18. The van der Waals surface area contributed by atoms with Crippen LogP contribution in [0.4, 0.5) is 0 Å². The standard InChI is InChI=1S/C13H13BrN2/c1-2-7-15-8-9-16-10-12(14)11-5-3-4-6-13(11)16/h1,3-6,10,15H,7-9H2. The van der Waals surface area contributed by atoms with E-state index in [4.69, 9.17) is 6.42 Å². The highest BCUT2D eigenvalue weighted by molar-refractivity contribution is 9.10. The lowest BCUT2D eigenvalue weighted by Gasteiger charge is -2.04. The van der Waals surface area contributed by atoms with E-state index >= 15 is 0 Å². The first kappa shape index (κ1) is 11.3. The van der Waals surface area contributed by atoms with Gasteiger partial charge in [-0.1, -0.05) is 24.1 Å². The minimum absolute atomic E-state index is 0.625. The number of benzene rings is 1. The molecule has 0 radical (unpaired) electrons. The van der Waals surface area contributed by atoms with E-state index in [1.54, 1.807) is 0 Å². The van der Waals surface area contributed by atoms with E-state index < -0.39 is 0 Å². The molecular formula is C13H13BrN2. The molecule has 1 aromatic carbocycles. The van der Waals surface area contributed by atoms with E-state index in [1.165, 1.54) is 10.9 Å². The number of hydrogen-bond acceptors (Lipinski definition) is 1. The molecule has 0 fully saturated rings. The smallest absolute Gasteiger partial charge is 0.0574 e. The number of halogens is 1. The molecular weight excluding hydrogens is 264 g/mol. The van der Waals surface area contributed by atoms with Crippen molar-refractivity contribution >= 4 is 26.8 Å². The monoisotopic (exact) mass is 276 g/mol. The molecule has 1 N–H and O–H groups in total. The average molecular weight is 277 g/mol. The molecule has 82 valence electrons.